The fourth-order valence-electron chi connectivity index (χ4n) is 3.07. The van der Waals surface area contributed by atoms with Crippen molar-refractivity contribution >= 4 is 40.0 Å². The van der Waals surface area contributed by atoms with Crippen molar-refractivity contribution in [2.45, 2.75) is 32.6 Å². The van der Waals surface area contributed by atoms with Gasteiger partial charge >= 0.3 is 0 Å². The normalized spacial score (nSPS) is 16.2. The quantitative estimate of drug-likeness (QED) is 0.301. The van der Waals surface area contributed by atoms with E-state index in [1.165, 1.54) is 15.4 Å². The van der Waals surface area contributed by atoms with Gasteiger partial charge in [0.25, 0.3) is 0 Å². The van der Waals surface area contributed by atoms with Crippen molar-refractivity contribution in [2.75, 3.05) is 52.2 Å². The van der Waals surface area contributed by atoms with Gasteiger partial charge in [0.2, 0.25) is 10.0 Å². The lowest BCUT2D eigenvalue weighted by Crippen LogP contribution is -2.47. The molecule has 2 N–H and O–H groups in total. The van der Waals surface area contributed by atoms with Crippen molar-refractivity contribution in [3.05, 3.63) is 35.4 Å². The number of nitrogens with zero attached hydrogens (tertiary/aromatic N) is 2. The van der Waals surface area contributed by atoms with Crippen LogP contribution in [0.1, 0.15) is 31.9 Å². The van der Waals surface area contributed by atoms with Crippen LogP contribution in [0.2, 0.25) is 0 Å². The number of guanidine groups is 1. The Hall–Kier alpha value is -0.910. The monoisotopic (exact) mass is 538 g/mol. The SMILES string of the molecule is CCc1ccc(C(C)(C)CNC(=NC)NCCS(=O)(=O)N2CCOCC2)cc1.I. The van der Waals surface area contributed by atoms with Crippen molar-refractivity contribution in [1.82, 2.24) is 14.9 Å². The summed E-state index contributed by atoms with van der Waals surface area (Å²) in [6, 6.07) is 8.68. The van der Waals surface area contributed by atoms with Crippen LogP contribution in [0.25, 0.3) is 0 Å². The zero-order valence-electron chi connectivity index (χ0n) is 17.9. The topological polar surface area (TPSA) is 83.0 Å². The summed E-state index contributed by atoms with van der Waals surface area (Å²) < 4.78 is 31.5. The Bertz CT molecular complexity index is 745. The highest BCUT2D eigenvalue weighted by atomic mass is 127. The van der Waals surface area contributed by atoms with E-state index in [4.69, 9.17) is 4.74 Å². The average molecular weight is 538 g/mol. The first kappa shape index (κ1) is 26.1. The highest BCUT2D eigenvalue weighted by Crippen LogP contribution is 2.22. The van der Waals surface area contributed by atoms with Gasteiger partial charge in [-0.05, 0) is 17.5 Å². The van der Waals surface area contributed by atoms with E-state index in [2.05, 4.69) is 60.7 Å². The van der Waals surface area contributed by atoms with Gasteiger partial charge in [0.05, 0.1) is 19.0 Å². The number of hydrogen-bond acceptors (Lipinski definition) is 4. The number of rotatable bonds is 8. The summed E-state index contributed by atoms with van der Waals surface area (Å²) in [6.07, 6.45) is 1.03. The summed E-state index contributed by atoms with van der Waals surface area (Å²) in [5.41, 5.74) is 2.50. The Morgan fingerprint density at radius 1 is 1.17 bits per heavy atom. The van der Waals surface area contributed by atoms with E-state index in [0.717, 1.165) is 6.42 Å². The Labute approximate surface area is 192 Å². The molecular formula is C20H35IN4O3S. The van der Waals surface area contributed by atoms with Gasteiger partial charge in [0, 0.05) is 38.6 Å². The van der Waals surface area contributed by atoms with Gasteiger partial charge < -0.3 is 15.4 Å². The van der Waals surface area contributed by atoms with Gasteiger partial charge in [0.15, 0.2) is 5.96 Å². The third-order valence-electron chi connectivity index (χ3n) is 5.08. The Balaban J connectivity index is 0.00000420. The minimum atomic E-state index is -3.27. The highest BCUT2D eigenvalue weighted by molar-refractivity contribution is 14.0. The summed E-state index contributed by atoms with van der Waals surface area (Å²) >= 11 is 0. The summed E-state index contributed by atoms with van der Waals surface area (Å²) in [7, 11) is -1.58. The number of hydrogen-bond donors (Lipinski definition) is 2. The van der Waals surface area contributed by atoms with Crippen molar-refractivity contribution in [3.8, 4) is 0 Å². The number of aliphatic imine (C=N–C) groups is 1. The molecule has 0 spiro atoms. The van der Waals surface area contributed by atoms with Crippen molar-refractivity contribution < 1.29 is 13.2 Å². The maximum absolute atomic E-state index is 12.4. The number of halogens is 1. The molecule has 1 heterocycles. The largest absolute Gasteiger partial charge is 0.379 e. The van der Waals surface area contributed by atoms with Gasteiger partial charge in [-0.1, -0.05) is 45.0 Å². The van der Waals surface area contributed by atoms with Crippen molar-refractivity contribution in [1.29, 1.82) is 0 Å². The van der Waals surface area contributed by atoms with E-state index in [1.807, 2.05) is 0 Å². The van der Waals surface area contributed by atoms with E-state index in [1.54, 1.807) is 7.05 Å². The number of ether oxygens (including phenoxy) is 1. The number of morpholine rings is 1. The molecule has 1 aromatic rings. The molecule has 0 radical (unpaired) electrons. The molecule has 0 amide bonds. The lowest BCUT2D eigenvalue weighted by atomic mass is 9.84. The maximum Gasteiger partial charge on any atom is 0.215 e. The molecule has 1 saturated heterocycles. The third kappa shape index (κ3) is 8.03. The summed E-state index contributed by atoms with van der Waals surface area (Å²) in [6.45, 7) is 9.29. The summed E-state index contributed by atoms with van der Waals surface area (Å²) in [5.74, 6) is 0.644. The first-order valence-electron chi connectivity index (χ1n) is 9.88. The first-order valence-corrected chi connectivity index (χ1v) is 11.5. The lowest BCUT2D eigenvalue weighted by molar-refractivity contribution is 0.0730. The predicted octanol–water partition coefficient (Wildman–Crippen LogP) is 1.97. The van der Waals surface area contributed by atoms with Crippen LogP contribution in [0.4, 0.5) is 0 Å². The molecule has 1 fully saturated rings. The molecule has 0 aromatic heterocycles. The van der Waals surface area contributed by atoms with Crippen LogP contribution >= 0.6 is 24.0 Å². The van der Waals surface area contributed by atoms with Crippen LogP contribution in [-0.4, -0.2) is 70.9 Å². The number of sulfonamides is 1. The highest BCUT2D eigenvalue weighted by Gasteiger charge is 2.24. The van der Waals surface area contributed by atoms with E-state index in [0.29, 0.717) is 45.4 Å². The maximum atomic E-state index is 12.4. The molecule has 166 valence electrons. The van der Waals surface area contributed by atoms with Crippen LogP contribution in [0.5, 0.6) is 0 Å². The molecule has 2 rings (SSSR count). The molecular weight excluding hydrogens is 503 g/mol. The summed E-state index contributed by atoms with van der Waals surface area (Å²) in [4.78, 5) is 4.21. The fourth-order valence-corrected chi connectivity index (χ4v) is 4.39. The van der Waals surface area contributed by atoms with Gasteiger partial charge in [-0.15, -0.1) is 24.0 Å². The molecule has 1 aliphatic heterocycles. The number of nitrogens with one attached hydrogen (secondary N) is 2. The number of aryl methyl sites for hydroxylation is 1. The Morgan fingerprint density at radius 2 is 1.79 bits per heavy atom. The minimum Gasteiger partial charge on any atom is -0.379 e. The van der Waals surface area contributed by atoms with E-state index in [-0.39, 0.29) is 35.1 Å². The van der Waals surface area contributed by atoms with Crippen LogP contribution in [0.3, 0.4) is 0 Å². The van der Waals surface area contributed by atoms with E-state index in [9.17, 15) is 8.42 Å². The Kier molecular flexibility index (Phi) is 10.9. The van der Waals surface area contributed by atoms with Crippen molar-refractivity contribution in [3.63, 3.8) is 0 Å². The average Bonchev–Trinajstić information content (AvgIpc) is 2.71. The molecule has 1 aromatic carbocycles. The van der Waals surface area contributed by atoms with Gasteiger partial charge in [-0.2, -0.15) is 4.31 Å². The fraction of sp³-hybridized carbons (Fsp3) is 0.650. The smallest absolute Gasteiger partial charge is 0.215 e. The predicted molar refractivity (Wildman–Crippen MR) is 130 cm³/mol. The van der Waals surface area contributed by atoms with Crippen LogP contribution in [0.15, 0.2) is 29.3 Å². The van der Waals surface area contributed by atoms with Crippen LogP contribution in [0, 0.1) is 0 Å². The zero-order chi connectivity index (χ0) is 20.6. The molecule has 7 nitrogen and oxygen atoms in total. The molecule has 0 unspecified atom stereocenters. The van der Waals surface area contributed by atoms with Gasteiger partial charge in [0.1, 0.15) is 0 Å². The second-order valence-electron chi connectivity index (χ2n) is 7.61. The Morgan fingerprint density at radius 3 is 2.34 bits per heavy atom. The molecule has 0 saturated carbocycles. The summed E-state index contributed by atoms with van der Waals surface area (Å²) in [5, 5.41) is 6.42. The van der Waals surface area contributed by atoms with Gasteiger partial charge in [-0.3, -0.25) is 4.99 Å². The second-order valence-corrected chi connectivity index (χ2v) is 9.70. The molecule has 1 aliphatic rings. The zero-order valence-corrected chi connectivity index (χ0v) is 21.0. The second kappa shape index (κ2) is 12.1. The number of benzene rings is 1. The first-order chi connectivity index (χ1) is 13.3. The van der Waals surface area contributed by atoms with Gasteiger partial charge in [-0.25, -0.2) is 8.42 Å². The van der Waals surface area contributed by atoms with Crippen LogP contribution < -0.4 is 10.6 Å². The molecule has 29 heavy (non-hydrogen) atoms. The van der Waals surface area contributed by atoms with Crippen molar-refractivity contribution in [2.24, 2.45) is 4.99 Å². The molecule has 0 bridgehead atoms. The standard InChI is InChI=1S/C20H34N4O3S.HI/c1-5-17-6-8-18(9-7-17)20(2,3)16-23-19(21-4)22-10-15-28(25,26)24-11-13-27-14-12-24;/h6-9H,5,10-16H2,1-4H3,(H2,21,22,23);1H. The van der Waals surface area contributed by atoms with E-state index >= 15 is 0 Å². The third-order valence-corrected chi connectivity index (χ3v) is 6.95. The van der Waals surface area contributed by atoms with Crippen LogP contribution in [-0.2, 0) is 26.6 Å². The molecule has 0 aliphatic carbocycles. The molecule has 9 heteroatoms. The lowest BCUT2D eigenvalue weighted by Gasteiger charge is -2.27. The van der Waals surface area contributed by atoms with E-state index < -0.39 is 10.0 Å². The molecule has 0 atom stereocenters. The minimum absolute atomic E-state index is 0.